The molecule has 28 heavy (non-hydrogen) atoms. The van der Waals surface area contributed by atoms with E-state index < -0.39 is 5.41 Å². The predicted molar refractivity (Wildman–Crippen MR) is 113 cm³/mol. The summed E-state index contributed by atoms with van der Waals surface area (Å²) in [6, 6.07) is 14.0. The van der Waals surface area contributed by atoms with Crippen molar-refractivity contribution >= 4 is 28.3 Å². The molecule has 4 heteroatoms. The zero-order valence-electron chi connectivity index (χ0n) is 16.7. The van der Waals surface area contributed by atoms with Crippen LogP contribution < -0.4 is 4.90 Å². The molecular weight excluding hydrogens is 348 g/mol. The van der Waals surface area contributed by atoms with E-state index in [2.05, 4.69) is 17.1 Å². The van der Waals surface area contributed by atoms with Gasteiger partial charge in [-0.15, -0.1) is 0 Å². The molecule has 0 spiro atoms. The van der Waals surface area contributed by atoms with Crippen LogP contribution in [-0.4, -0.2) is 23.2 Å². The van der Waals surface area contributed by atoms with Crippen LogP contribution in [0.1, 0.15) is 48.7 Å². The summed E-state index contributed by atoms with van der Waals surface area (Å²) in [6.45, 7) is 6.59. The Morgan fingerprint density at radius 3 is 2.64 bits per heavy atom. The number of ketones is 1. The molecule has 1 aromatic heterocycles. The lowest BCUT2D eigenvalue weighted by molar-refractivity contribution is -0.125. The molecule has 2 heterocycles. The van der Waals surface area contributed by atoms with Crippen LogP contribution in [0, 0.1) is 5.41 Å². The van der Waals surface area contributed by atoms with Gasteiger partial charge in [0.2, 0.25) is 5.91 Å². The van der Waals surface area contributed by atoms with E-state index in [9.17, 15) is 9.59 Å². The van der Waals surface area contributed by atoms with Gasteiger partial charge in [-0.3, -0.25) is 9.59 Å². The van der Waals surface area contributed by atoms with Crippen LogP contribution in [0.4, 0.5) is 5.69 Å². The molecule has 144 valence electrons. The maximum atomic E-state index is 12.9. The van der Waals surface area contributed by atoms with Gasteiger partial charge in [-0.05, 0) is 30.0 Å². The summed E-state index contributed by atoms with van der Waals surface area (Å²) in [5, 5.41) is 0.968. The van der Waals surface area contributed by atoms with Crippen LogP contribution in [-0.2, 0) is 17.6 Å². The number of fused-ring (bicyclic) bond motifs is 2. The van der Waals surface area contributed by atoms with Crippen molar-refractivity contribution in [1.29, 1.82) is 0 Å². The molecule has 4 nitrogen and oxygen atoms in total. The highest BCUT2D eigenvalue weighted by Crippen LogP contribution is 2.35. The van der Waals surface area contributed by atoms with Gasteiger partial charge < -0.3 is 9.88 Å². The van der Waals surface area contributed by atoms with Crippen molar-refractivity contribution in [3.8, 4) is 0 Å². The van der Waals surface area contributed by atoms with Gasteiger partial charge in [0, 0.05) is 41.0 Å². The van der Waals surface area contributed by atoms with Gasteiger partial charge in [0.1, 0.15) is 0 Å². The Balaban J connectivity index is 1.58. The normalized spacial score (nSPS) is 13.8. The highest BCUT2D eigenvalue weighted by Gasteiger charge is 2.33. The summed E-state index contributed by atoms with van der Waals surface area (Å²) in [7, 11) is 0. The SMILES string of the molecule is CC(C)(C)C(=O)N1CCc2cccc(CCC(=O)c3c[nH]c4ccccc34)c21. The van der Waals surface area contributed by atoms with Gasteiger partial charge in [0.15, 0.2) is 5.78 Å². The third kappa shape index (κ3) is 3.24. The summed E-state index contributed by atoms with van der Waals surface area (Å²) < 4.78 is 0. The number of benzene rings is 2. The number of carbonyl (C=O) groups excluding carboxylic acids is 2. The molecule has 1 N–H and O–H groups in total. The molecule has 0 saturated heterocycles. The fourth-order valence-electron chi connectivity index (χ4n) is 4.03. The number of anilines is 1. The quantitative estimate of drug-likeness (QED) is 0.659. The molecule has 2 aromatic carbocycles. The van der Waals surface area contributed by atoms with Gasteiger partial charge in [0.25, 0.3) is 0 Å². The van der Waals surface area contributed by atoms with Gasteiger partial charge in [-0.25, -0.2) is 0 Å². The lowest BCUT2D eigenvalue weighted by Gasteiger charge is -2.27. The van der Waals surface area contributed by atoms with Crippen molar-refractivity contribution in [2.75, 3.05) is 11.4 Å². The van der Waals surface area contributed by atoms with Crippen LogP contribution in [0.25, 0.3) is 10.9 Å². The number of carbonyl (C=O) groups is 2. The Morgan fingerprint density at radius 1 is 1.07 bits per heavy atom. The Hall–Kier alpha value is -2.88. The van der Waals surface area contributed by atoms with Gasteiger partial charge >= 0.3 is 0 Å². The third-order valence-electron chi connectivity index (χ3n) is 5.48. The van der Waals surface area contributed by atoms with Crippen LogP contribution >= 0.6 is 0 Å². The van der Waals surface area contributed by atoms with E-state index in [0.717, 1.165) is 40.7 Å². The number of hydrogen-bond donors (Lipinski definition) is 1. The van der Waals surface area contributed by atoms with E-state index >= 15 is 0 Å². The Morgan fingerprint density at radius 2 is 1.86 bits per heavy atom. The van der Waals surface area contributed by atoms with Crippen LogP contribution in [0.3, 0.4) is 0 Å². The first kappa shape index (κ1) is 18.5. The molecule has 1 aliphatic rings. The zero-order valence-corrected chi connectivity index (χ0v) is 16.7. The molecule has 0 aliphatic carbocycles. The van der Waals surface area contributed by atoms with Crippen molar-refractivity contribution in [2.45, 2.75) is 40.0 Å². The van der Waals surface area contributed by atoms with Crippen molar-refractivity contribution in [1.82, 2.24) is 4.98 Å². The van der Waals surface area contributed by atoms with E-state index in [4.69, 9.17) is 0 Å². The van der Waals surface area contributed by atoms with E-state index in [1.54, 1.807) is 6.20 Å². The lowest BCUT2D eigenvalue weighted by atomic mass is 9.94. The lowest BCUT2D eigenvalue weighted by Crippen LogP contribution is -2.38. The van der Waals surface area contributed by atoms with Crippen molar-refractivity contribution in [2.24, 2.45) is 5.41 Å². The average molecular weight is 374 g/mol. The minimum Gasteiger partial charge on any atom is -0.360 e. The molecular formula is C24H26N2O2. The van der Waals surface area contributed by atoms with Crippen molar-refractivity contribution in [3.63, 3.8) is 0 Å². The Kier molecular flexibility index (Phi) is 4.58. The van der Waals surface area contributed by atoms with Gasteiger partial charge in [-0.2, -0.15) is 0 Å². The number of rotatable bonds is 4. The second-order valence-electron chi connectivity index (χ2n) is 8.55. The third-order valence-corrected chi connectivity index (χ3v) is 5.48. The van der Waals surface area contributed by atoms with E-state index in [1.165, 1.54) is 5.56 Å². The van der Waals surface area contributed by atoms with Crippen molar-refractivity contribution < 1.29 is 9.59 Å². The van der Waals surface area contributed by atoms with E-state index in [0.29, 0.717) is 12.8 Å². The Labute approximate surface area is 165 Å². The number of aryl methyl sites for hydroxylation is 1. The topological polar surface area (TPSA) is 53.2 Å². The average Bonchev–Trinajstić information content (AvgIpc) is 3.29. The number of amides is 1. The molecule has 0 saturated carbocycles. The van der Waals surface area contributed by atoms with Crippen LogP contribution in [0.5, 0.6) is 0 Å². The largest absolute Gasteiger partial charge is 0.360 e. The first-order chi connectivity index (χ1) is 13.4. The molecule has 3 aromatic rings. The molecule has 0 atom stereocenters. The number of aromatic nitrogens is 1. The minimum atomic E-state index is -0.422. The second-order valence-corrected chi connectivity index (χ2v) is 8.55. The molecule has 4 rings (SSSR count). The van der Waals surface area contributed by atoms with Crippen LogP contribution in [0.15, 0.2) is 48.7 Å². The number of aromatic amines is 1. The standard InChI is InChI=1S/C24H26N2O2/c1-24(2,3)23(28)26-14-13-17-8-6-7-16(22(17)26)11-12-21(27)19-15-25-20-10-5-4-9-18(19)20/h4-10,15,25H,11-14H2,1-3H3. The second kappa shape index (κ2) is 6.93. The number of para-hydroxylation sites is 2. The number of H-pyrrole nitrogens is 1. The summed E-state index contributed by atoms with van der Waals surface area (Å²) in [6.07, 6.45) is 3.74. The van der Waals surface area contributed by atoms with Gasteiger partial charge in [-0.1, -0.05) is 57.2 Å². The fraction of sp³-hybridized carbons (Fsp3) is 0.333. The molecule has 0 bridgehead atoms. The summed E-state index contributed by atoms with van der Waals surface area (Å²) in [5.74, 6) is 0.267. The maximum Gasteiger partial charge on any atom is 0.232 e. The maximum absolute atomic E-state index is 12.9. The summed E-state index contributed by atoms with van der Waals surface area (Å²) in [5.41, 5.74) is 4.61. The predicted octanol–water partition coefficient (Wildman–Crippen LogP) is 4.92. The monoisotopic (exact) mass is 374 g/mol. The molecule has 1 aliphatic heterocycles. The number of Topliss-reactive ketones (excluding diaryl/α,β-unsaturated/α-hetero) is 1. The highest BCUT2D eigenvalue weighted by atomic mass is 16.2. The first-order valence-corrected chi connectivity index (χ1v) is 9.88. The zero-order chi connectivity index (χ0) is 19.9. The summed E-state index contributed by atoms with van der Waals surface area (Å²) >= 11 is 0. The molecule has 1 amide bonds. The fourth-order valence-corrected chi connectivity index (χ4v) is 4.03. The van der Waals surface area contributed by atoms with Crippen molar-refractivity contribution in [3.05, 3.63) is 65.4 Å². The number of nitrogens with one attached hydrogen (secondary N) is 1. The van der Waals surface area contributed by atoms with E-state index in [1.807, 2.05) is 56.0 Å². The molecule has 0 fully saturated rings. The Bertz CT molecular complexity index is 1060. The molecule has 0 unspecified atom stereocenters. The minimum absolute atomic E-state index is 0.127. The van der Waals surface area contributed by atoms with E-state index in [-0.39, 0.29) is 11.7 Å². The van der Waals surface area contributed by atoms with Gasteiger partial charge in [0.05, 0.1) is 5.69 Å². The highest BCUT2D eigenvalue weighted by molar-refractivity contribution is 6.08. The van der Waals surface area contributed by atoms with Crippen LogP contribution in [0.2, 0.25) is 0 Å². The number of nitrogens with zero attached hydrogens (tertiary/aromatic N) is 1. The first-order valence-electron chi connectivity index (χ1n) is 9.88. The summed E-state index contributed by atoms with van der Waals surface area (Å²) in [4.78, 5) is 30.9. The molecule has 0 radical (unpaired) electrons. The number of hydrogen-bond acceptors (Lipinski definition) is 2. The smallest absolute Gasteiger partial charge is 0.232 e.